The van der Waals surface area contributed by atoms with Crippen LogP contribution in [-0.4, -0.2) is 7.11 Å². The van der Waals surface area contributed by atoms with E-state index in [1.807, 2.05) is 12.1 Å². The summed E-state index contributed by atoms with van der Waals surface area (Å²) in [7, 11) is 1.57. The van der Waals surface area contributed by atoms with Crippen LogP contribution in [0.4, 0.5) is 10.1 Å². The summed E-state index contributed by atoms with van der Waals surface area (Å²) in [6, 6.07) is 17.3. The molecule has 140 valence electrons. The zero-order valence-electron chi connectivity index (χ0n) is 14.6. The van der Waals surface area contributed by atoms with Gasteiger partial charge in [0.25, 0.3) is 0 Å². The molecule has 0 saturated heterocycles. The standard InChI is InChI=1S/C21H18Cl2FNO2/c1-26-20-8-4-6-14(12-25-19-11-16(22)9-10-17(19)23)21(20)27-13-15-5-2-3-7-18(15)24/h2-11,25H,12-13H2,1H3. The van der Waals surface area contributed by atoms with Crippen molar-refractivity contribution in [1.82, 2.24) is 0 Å². The topological polar surface area (TPSA) is 30.5 Å². The van der Waals surface area contributed by atoms with Gasteiger partial charge in [0, 0.05) is 22.7 Å². The van der Waals surface area contributed by atoms with Gasteiger partial charge < -0.3 is 14.8 Å². The molecule has 0 spiro atoms. The number of rotatable bonds is 7. The molecule has 0 atom stereocenters. The van der Waals surface area contributed by atoms with E-state index in [2.05, 4.69) is 5.32 Å². The van der Waals surface area contributed by atoms with Gasteiger partial charge in [0.1, 0.15) is 12.4 Å². The molecule has 1 N–H and O–H groups in total. The molecule has 0 bridgehead atoms. The lowest BCUT2D eigenvalue weighted by Gasteiger charge is -2.17. The van der Waals surface area contributed by atoms with Gasteiger partial charge in [-0.2, -0.15) is 0 Å². The van der Waals surface area contributed by atoms with Crippen LogP contribution >= 0.6 is 23.2 Å². The van der Waals surface area contributed by atoms with Gasteiger partial charge >= 0.3 is 0 Å². The predicted octanol–water partition coefficient (Wildman–Crippen LogP) is 6.33. The average molecular weight is 406 g/mol. The Morgan fingerprint density at radius 3 is 2.52 bits per heavy atom. The molecular weight excluding hydrogens is 388 g/mol. The average Bonchev–Trinajstić information content (AvgIpc) is 2.68. The molecule has 0 fully saturated rings. The van der Waals surface area contributed by atoms with Crippen LogP contribution in [0.1, 0.15) is 11.1 Å². The third kappa shape index (κ3) is 4.85. The Labute approximate surface area is 167 Å². The van der Waals surface area contributed by atoms with E-state index in [4.69, 9.17) is 32.7 Å². The first-order chi connectivity index (χ1) is 13.1. The van der Waals surface area contributed by atoms with Crippen LogP contribution in [0.3, 0.4) is 0 Å². The summed E-state index contributed by atoms with van der Waals surface area (Å²) in [5.41, 5.74) is 2.04. The van der Waals surface area contributed by atoms with Crippen molar-refractivity contribution in [1.29, 1.82) is 0 Å². The van der Waals surface area contributed by atoms with Gasteiger partial charge in [-0.25, -0.2) is 4.39 Å². The largest absolute Gasteiger partial charge is 0.493 e. The molecule has 0 unspecified atom stereocenters. The highest BCUT2D eigenvalue weighted by molar-refractivity contribution is 6.35. The third-order valence-corrected chi connectivity index (χ3v) is 4.57. The fourth-order valence-corrected chi connectivity index (χ4v) is 2.97. The number of nitrogens with one attached hydrogen (secondary N) is 1. The zero-order valence-corrected chi connectivity index (χ0v) is 16.1. The van der Waals surface area contributed by atoms with Gasteiger partial charge in [0.05, 0.1) is 17.8 Å². The van der Waals surface area contributed by atoms with E-state index >= 15 is 0 Å². The van der Waals surface area contributed by atoms with Crippen molar-refractivity contribution < 1.29 is 13.9 Å². The Hall–Kier alpha value is -2.43. The minimum absolute atomic E-state index is 0.0952. The van der Waals surface area contributed by atoms with Crippen LogP contribution < -0.4 is 14.8 Å². The number of methoxy groups -OCH3 is 1. The maximum atomic E-state index is 13.9. The van der Waals surface area contributed by atoms with Crippen molar-refractivity contribution in [2.45, 2.75) is 13.2 Å². The van der Waals surface area contributed by atoms with Gasteiger partial charge in [0.15, 0.2) is 11.5 Å². The molecule has 0 radical (unpaired) electrons. The van der Waals surface area contributed by atoms with E-state index in [0.29, 0.717) is 39.3 Å². The second-order valence-electron chi connectivity index (χ2n) is 5.81. The third-order valence-electron chi connectivity index (χ3n) is 4.01. The Morgan fingerprint density at radius 2 is 1.74 bits per heavy atom. The molecule has 27 heavy (non-hydrogen) atoms. The van der Waals surface area contributed by atoms with E-state index in [9.17, 15) is 4.39 Å². The number of ether oxygens (including phenoxy) is 2. The molecule has 3 nitrogen and oxygen atoms in total. The van der Waals surface area contributed by atoms with Gasteiger partial charge in [-0.1, -0.05) is 53.5 Å². The van der Waals surface area contributed by atoms with Crippen molar-refractivity contribution in [3.05, 3.63) is 87.7 Å². The van der Waals surface area contributed by atoms with Crippen LogP contribution in [0, 0.1) is 5.82 Å². The summed E-state index contributed by atoms with van der Waals surface area (Å²) in [6.07, 6.45) is 0. The summed E-state index contributed by atoms with van der Waals surface area (Å²) in [6.45, 7) is 0.530. The van der Waals surface area contributed by atoms with E-state index in [1.54, 1.807) is 49.6 Å². The monoisotopic (exact) mass is 405 g/mol. The summed E-state index contributed by atoms with van der Waals surface area (Å²) in [5.74, 6) is 0.814. The molecule has 6 heteroatoms. The van der Waals surface area contributed by atoms with Crippen molar-refractivity contribution in [3.63, 3.8) is 0 Å². The van der Waals surface area contributed by atoms with Crippen molar-refractivity contribution in [2.75, 3.05) is 12.4 Å². The second-order valence-corrected chi connectivity index (χ2v) is 6.65. The Balaban J connectivity index is 1.81. The molecule has 3 rings (SSSR count). The highest BCUT2D eigenvalue weighted by Gasteiger charge is 2.13. The fourth-order valence-electron chi connectivity index (χ4n) is 2.61. The molecular formula is C21H18Cl2FNO2. The van der Waals surface area contributed by atoms with E-state index < -0.39 is 0 Å². The van der Waals surface area contributed by atoms with E-state index in [-0.39, 0.29) is 12.4 Å². The summed E-state index contributed by atoms with van der Waals surface area (Å²) in [5, 5.41) is 4.40. The van der Waals surface area contributed by atoms with Crippen LogP contribution in [-0.2, 0) is 13.2 Å². The fraction of sp³-hybridized carbons (Fsp3) is 0.143. The van der Waals surface area contributed by atoms with Crippen molar-refractivity contribution >= 4 is 28.9 Å². The number of hydrogen-bond donors (Lipinski definition) is 1. The minimum Gasteiger partial charge on any atom is -0.493 e. The lowest BCUT2D eigenvalue weighted by Crippen LogP contribution is -2.06. The van der Waals surface area contributed by atoms with Crippen LogP contribution in [0.5, 0.6) is 11.5 Å². The SMILES string of the molecule is COc1cccc(CNc2cc(Cl)ccc2Cl)c1OCc1ccccc1F. The van der Waals surface area contributed by atoms with Crippen LogP contribution in [0.2, 0.25) is 10.0 Å². The first kappa shape index (κ1) is 19.3. The predicted molar refractivity (Wildman–Crippen MR) is 108 cm³/mol. The molecule has 0 aliphatic rings. The number of halogens is 3. The van der Waals surface area contributed by atoms with Crippen molar-refractivity contribution in [2.24, 2.45) is 0 Å². The zero-order chi connectivity index (χ0) is 19.2. The first-order valence-corrected chi connectivity index (χ1v) is 9.05. The summed E-state index contributed by atoms with van der Waals surface area (Å²) >= 11 is 12.2. The van der Waals surface area contributed by atoms with Crippen LogP contribution in [0.25, 0.3) is 0 Å². The summed E-state index contributed by atoms with van der Waals surface area (Å²) in [4.78, 5) is 0. The number of para-hydroxylation sites is 1. The highest BCUT2D eigenvalue weighted by atomic mass is 35.5. The molecule has 0 aliphatic heterocycles. The molecule has 3 aromatic carbocycles. The van der Waals surface area contributed by atoms with Gasteiger partial charge in [0.2, 0.25) is 0 Å². The van der Waals surface area contributed by atoms with Crippen LogP contribution in [0.15, 0.2) is 60.7 Å². The Morgan fingerprint density at radius 1 is 0.963 bits per heavy atom. The van der Waals surface area contributed by atoms with E-state index in [1.165, 1.54) is 6.07 Å². The lowest BCUT2D eigenvalue weighted by molar-refractivity contribution is 0.277. The van der Waals surface area contributed by atoms with Crippen molar-refractivity contribution in [3.8, 4) is 11.5 Å². The second kappa shape index (κ2) is 8.98. The lowest BCUT2D eigenvalue weighted by atomic mass is 10.1. The van der Waals surface area contributed by atoms with Gasteiger partial charge in [-0.05, 0) is 30.3 Å². The normalized spacial score (nSPS) is 10.5. The van der Waals surface area contributed by atoms with Gasteiger partial charge in [-0.3, -0.25) is 0 Å². The smallest absolute Gasteiger partial charge is 0.166 e. The first-order valence-electron chi connectivity index (χ1n) is 8.29. The van der Waals surface area contributed by atoms with E-state index in [0.717, 1.165) is 5.56 Å². The maximum absolute atomic E-state index is 13.9. The maximum Gasteiger partial charge on any atom is 0.166 e. The molecule has 0 heterocycles. The van der Waals surface area contributed by atoms with Gasteiger partial charge in [-0.15, -0.1) is 0 Å². The number of hydrogen-bond acceptors (Lipinski definition) is 3. The molecule has 0 aliphatic carbocycles. The minimum atomic E-state index is -0.308. The number of benzene rings is 3. The Kier molecular flexibility index (Phi) is 6.43. The summed E-state index contributed by atoms with van der Waals surface area (Å²) < 4.78 is 25.2. The molecule has 0 aromatic heterocycles. The highest BCUT2D eigenvalue weighted by Crippen LogP contribution is 2.33. The number of anilines is 1. The molecule has 0 amide bonds. The molecule has 3 aromatic rings. The quantitative estimate of drug-likeness (QED) is 0.497. The Bertz CT molecular complexity index is 934. The molecule has 0 saturated carbocycles.